The molecule has 1 aromatic carbocycles. The summed E-state index contributed by atoms with van der Waals surface area (Å²) in [4.78, 5) is 24.5. The maximum Gasteiger partial charge on any atom is 0.310 e. The molecule has 1 aromatic rings. The van der Waals surface area contributed by atoms with Crippen LogP contribution in [0.5, 0.6) is 0 Å². The number of esters is 1. The van der Waals surface area contributed by atoms with Gasteiger partial charge in [0.25, 0.3) is 0 Å². The van der Waals surface area contributed by atoms with Crippen LogP contribution in [-0.2, 0) is 14.3 Å². The number of benzene rings is 1. The number of nitrogens with one attached hydrogen (secondary N) is 1. The summed E-state index contributed by atoms with van der Waals surface area (Å²) in [6, 6.07) is 7.72. The molecule has 4 nitrogen and oxygen atoms in total. The molecule has 0 radical (unpaired) electrons. The van der Waals surface area contributed by atoms with Crippen LogP contribution in [0.1, 0.15) is 18.4 Å². The van der Waals surface area contributed by atoms with Crippen molar-refractivity contribution in [3.8, 4) is 0 Å². The molecule has 0 aromatic heterocycles. The Balaban J connectivity index is 1.58. The van der Waals surface area contributed by atoms with Gasteiger partial charge in [-0.05, 0) is 37.3 Å². The maximum atomic E-state index is 12.6. The van der Waals surface area contributed by atoms with Gasteiger partial charge in [-0.15, -0.1) is 0 Å². The number of hydrogen-bond acceptors (Lipinski definition) is 3. The van der Waals surface area contributed by atoms with Crippen molar-refractivity contribution in [2.24, 2.45) is 23.7 Å². The van der Waals surface area contributed by atoms with Gasteiger partial charge in [-0.25, -0.2) is 0 Å². The first-order chi connectivity index (χ1) is 9.65. The van der Waals surface area contributed by atoms with E-state index in [2.05, 4.69) is 5.32 Å². The SMILES string of the molecule is Cc1ccccc1NC(=O)[C@@H]1[C@@H]2C[C@@H]3[C@@H]1C(=O)O[C@H]3C2. The number of hydrogen-bond donors (Lipinski definition) is 1. The van der Waals surface area contributed by atoms with Crippen LogP contribution in [0.25, 0.3) is 0 Å². The lowest BCUT2D eigenvalue weighted by Crippen LogP contribution is -2.36. The Morgan fingerprint density at radius 3 is 2.90 bits per heavy atom. The van der Waals surface area contributed by atoms with Gasteiger partial charge < -0.3 is 10.1 Å². The normalized spacial score (nSPS) is 37.0. The first-order valence-corrected chi connectivity index (χ1v) is 7.22. The van der Waals surface area contributed by atoms with E-state index >= 15 is 0 Å². The average molecular weight is 271 g/mol. The Morgan fingerprint density at radius 2 is 2.10 bits per heavy atom. The summed E-state index contributed by atoms with van der Waals surface area (Å²) in [5.41, 5.74) is 1.87. The van der Waals surface area contributed by atoms with Gasteiger partial charge >= 0.3 is 5.97 Å². The monoisotopic (exact) mass is 271 g/mol. The van der Waals surface area contributed by atoms with Crippen LogP contribution < -0.4 is 5.32 Å². The molecule has 4 heteroatoms. The molecule has 2 saturated carbocycles. The highest BCUT2D eigenvalue weighted by molar-refractivity contribution is 5.97. The Labute approximate surface area is 117 Å². The fourth-order valence-corrected chi connectivity index (χ4v) is 4.29. The largest absolute Gasteiger partial charge is 0.462 e. The van der Waals surface area contributed by atoms with Crippen molar-refractivity contribution in [3.63, 3.8) is 0 Å². The highest BCUT2D eigenvalue weighted by Crippen LogP contribution is 2.57. The van der Waals surface area contributed by atoms with Gasteiger partial charge in [-0.3, -0.25) is 9.59 Å². The number of para-hydroxylation sites is 1. The standard InChI is InChI=1S/C16H17NO3/c1-8-4-2-3-5-11(8)17-15(18)13-9-6-10-12(7-9)20-16(19)14(10)13/h2-5,9-10,12-14H,6-7H2,1H3,(H,17,18)/t9-,10+,12+,13-,14+/m1/s1. The number of aryl methyl sites for hydroxylation is 1. The molecule has 4 rings (SSSR count). The summed E-state index contributed by atoms with van der Waals surface area (Å²) in [7, 11) is 0. The molecule has 1 aliphatic heterocycles. The first-order valence-electron chi connectivity index (χ1n) is 7.22. The van der Waals surface area contributed by atoms with Crippen LogP contribution in [0, 0.1) is 30.6 Å². The summed E-state index contributed by atoms with van der Waals surface area (Å²) >= 11 is 0. The molecule has 0 spiro atoms. The average Bonchev–Trinajstić information content (AvgIpc) is 3.02. The van der Waals surface area contributed by atoms with Crippen molar-refractivity contribution < 1.29 is 14.3 Å². The van der Waals surface area contributed by atoms with E-state index in [0.29, 0.717) is 5.92 Å². The van der Waals surface area contributed by atoms with Crippen molar-refractivity contribution >= 4 is 17.6 Å². The van der Waals surface area contributed by atoms with E-state index in [9.17, 15) is 9.59 Å². The third kappa shape index (κ3) is 1.54. The molecule has 1 heterocycles. The van der Waals surface area contributed by atoms with Gasteiger partial charge in [0.1, 0.15) is 6.10 Å². The summed E-state index contributed by atoms with van der Waals surface area (Å²) in [5.74, 6) is -0.00162. The molecule has 1 saturated heterocycles. The van der Waals surface area contributed by atoms with Crippen LogP contribution in [0.3, 0.4) is 0 Å². The second-order valence-electron chi connectivity index (χ2n) is 6.23. The van der Waals surface area contributed by atoms with Crippen molar-refractivity contribution in [1.29, 1.82) is 0 Å². The highest BCUT2D eigenvalue weighted by Gasteiger charge is 2.63. The second-order valence-corrected chi connectivity index (χ2v) is 6.23. The minimum Gasteiger partial charge on any atom is -0.462 e. The molecule has 3 aliphatic rings. The van der Waals surface area contributed by atoms with E-state index in [1.54, 1.807) is 0 Å². The lowest BCUT2D eigenvalue weighted by atomic mass is 9.79. The zero-order valence-electron chi connectivity index (χ0n) is 11.3. The van der Waals surface area contributed by atoms with Crippen LogP contribution in [0.2, 0.25) is 0 Å². The Kier molecular flexibility index (Phi) is 2.43. The zero-order chi connectivity index (χ0) is 13.9. The van der Waals surface area contributed by atoms with Gasteiger partial charge in [0.15, 0.2) is 0 Å². The predicted octanol–water partition coefficient (Wildman–Crippen LogP) is 2.13. The van der Waals surface area contributed by atoms with Gasteiger partial charge in [0.2, 0.25) is 5.91 Å². The molecular weight excluding hydrogens is 254 g/mol. The fraction of sp³-hybridized carbons (Fsp3) is 0.500. The van der Waals surface area contributed by atoms with Gasteiger partial charge in [0.05, 0.1) is 11.8 Å². The molecule has 2 bridgehead atoms. The number of fused-ring (bicyclic) bond motifs is 1. The van der Waals surface area contributed by atoms with E-state index in [1.807, 2.05) is 31.2 Å². The van der Waals surface area contributed by atoms with Crippen molar-refractivity contribution in [2.75, 3.05) is 5.32 Å². The van der Waals surface area contributed by atoms with Gasteiger partial charge in [-0.2, -0.15) is 0 Å². The molecule has 3 fully saturated rings. The second kappa shape index (κ2) is 4.08. The van der Waals surface area contributed by atoms with Gasteiger partial charge in [-0.1, -0.05) is 18.2 Å². The van der Waals surface area contributed by atoms with Crippen molar-refractivity contribution in [2.45, 2.75) is 25.9 Å². The Bertz CT molecular complexity index is 595. The molecule has 104 valence electrons. The lowest BCUT2D eigenvalue weighted by molar-refractivity contribution is -0.145. The quantitative estimate of drug-likeness (QED) is 0.838. The molecular formula is C16H17NO3. The van der Waals surface area contributed by atoms with E-state index < -0.39 is 0 Å². The Morgan fingerprint density at radius 1 is 1.30 bits per heavy atom. The third-order valence-corrected chi connectivity index (χ3v) is 5.19. The van der Waals surface area contributed by atoms with Crippen LogP contribution in [0.15, 0.2) is 24.3 Å². The smallest absolute Gasteiger partial charge is 0.310 e. The highest BCUT2D eigenvalue weighted by atomic mass is 16.6. The lowest BCUT2D eigenvalue weighted by Gasteiger charge is -2.23. The van der Waals surface area contributed by atoms with Crippen LogP contribution in [0.4, 0.5) is 5.69 Å². The number of amides is 1. The van der Waals surface area contributed by atoms with E-state index in [-0.39, 0.29) is 35.7 Å². The molecule has 5 atom stereocenters. The molecule has 20 heavy (non-hydrogen) atoms. The van der Waals surface area contributed by atoms with Crippen LogP contribution >= 0.6 is 0 Å². The number of rotatable bonds is 2. The van der Waals surface area contributed by atoms with Crippen molar-refractivity contribution in [3.05, 3.63) is 29.8 Å². The summed E-state index contributed by atoms with van der Waals surface area (Å²) in [6.45, 7) is 1.97. The molecule has 0 unspecified atom stereocenters. The first kappa shape index (κ1) is 11.9. The number of ether oxygens (including phenoxy) is 1. The number of anilines is 1. The third-order valence-electron chi connectivity index (χ3n) is 5.19. The Hall–Kier alpha value is -1.84. The van der Waals surface area contributed by atoms with Crippen molar-refractivity contribution in [1.82, 2.24) is 0 Å². The van der Waals surface area contributed by atoms with E-state index in [0.717, 1.165) is 24.1 Å². The fourth-order valence-electron chi connectivity index (χ4n) is 4.29. The molecule has 1 amide bonds. The maximum absolute atomic E-state index is 12.6. The minimum atomic E-state index is -0.206. The molecule has 1 N–H and O–H groups in total. The predicted molar refractivity (Wildman–Crippen MR) is 72.9 cm³/mol. The zero-order valence-corrected chi connectivity index (χ0v) is 11.3. The summed E-state index contributed by atoms with van der Waals surface area (Å²) in [5, 5.41) is 2.99. The summed E-state index contributed by atoms with van der Waals surface area (Å²) < 4.78 is 5.37. The van der Waals surface area contributed by atoms with Crippen LogP contribution in [-0.4, -0.2) is 18.0 Å². The summed E-state index contributed by atoms with van der Waals surface area (Å²) in [6.07, 6.45) is 1.91. The van der Waals surface area contributed by atoms with E-state index in [1.165, 1.54) is 0 Å². The van der Waals surface area contributed by atoms with E-state index in [4.69, 9.17) is 4.74 Å². The minimum absolute atomic E-state index is 0.0194. The number of carbonyl (C=O) groups excluding carboxylic acids is 2. The number of carbonyl (C=O) groups is 2. The molecule has 2 aliphatic carbocycles. The van der Waals surface area contributed by atoms with Gasteiger partial charge in [0, 0.05) is 11.6 Å². The topological polar surface area (TPSA) is 55.4 Å².